The molecule has 0 aromatic carbocycles. The number of unbranched alkanes of at least 4 members (excludes halogenated alkanes) is 7. The van der Waals surface area contributed by atoms with Gasteiger partial charge in [0.05, 0.1) is 5.02 Å². The fraction of sp³-hybridized carbons (Fsp3) is 0.750. The Morgan fingerprint density at radius 1 is 1.11 bits per heavy atom. The lowest BCUT2D eigenvalue weighted by Gasteiger charge is -2.15. The fourth-order valence-corrected chi connectivity index (χ4v) is 3.78. The highest BCUT2D eigenvalue weighted by Crippen LogP contribution is 2.31. The average molecular weight is 302 g/mol. The Labute approximate surface area is 127 Å². The minimum Gasteiger partial charge on any atom is -0.312 e. The Morgan fingerprint density at radius 3 is 2.26 bits per heavy atom. The van der Waals surface area contributed by atoms with Crippen LogP contribution in [-0.4, -0.2) is 7.05 Å². The van der Waals surface area contributed by atoms with Crippen LogP contribution in [0, 0.1) is 0 Å². The molecular weight excluding hydrogens is 274 g/mol. The van der Waals surface area contributed by atoms with Crippen molar-refractivity contribution in [2.24, 2.45) is 0 Å². The van der Waals surface area contributed by atoms with E-state index in [9.17, 15) is 0 Å². The van der Waals surface area contributed by atoms with Gasteiger partial charge in [-0.15, -0.1) is 11.3 Å². The molecule has 0 aliphatic carbocycles. The van der Waals surface area contributed by atoms with Gasteiger partial charge in [0, 0.05) is 10.9 Å². The van der Waals surface area contributed by atoms with Crippen LogP contribution in [0.25, 0.3) is 0 Å². The zero-order valence-electron chi connectivity index (χ0n) is 12.4. The third-order valence-corrected chi connectivity index (χ3v) is 5.13. The van der Waals surface area contributed by atoms with Gasteiger partial charge in [0.2, 0.25) is 0 Å². The van der Waals surface area contributed by atoms with Crippen molar-refractivity contribution >= 4 is 22.9 Å². The van der Waals surface area contributed by atoms with Crippen LogP contribution < -0.4 is 5.32 Å². The number of halogens is 1. The third kappa shape index (κ3) is 6.78. The largest absolute Gasteiger partial charge is 0.312 e. The van der Waals surface area contributed by atoms with Gasteiger partial charge in [0.1, 0.15) is 0 Å². The summed E-state index contributed by atoms with van der Waals surface area (Å²) in [6.45, 7) is 2.27. The van der Waals surface area contributed by atoms with Crippen molar-refractivity contribution in [3.63, 3.8) is 0 Å². The van der Waals surface area contributed by atoms with E-state index in [1.807, 2.05) is 13.1 Å². The highest BCUT2D eigenvalue weighted by molar-refractivity contribution is 7.10. The van der Waals surface area contributed by atoms with E-state index in [4.69, 9.17) is 11.6 Å². The summed E-state index contributed by atoms with van der Waals surface area (Å²) in [4.78, 5) is 1.30. The van der Waals surface area contributed by atoms with Crippen molar-refractivity contribution in [3.05, 3.63) is 21.3 Å². The topological polar surface area (TPSA) is 12.0 Å². The number of hydrogen-bond acceptors (Lipinski definition) is 2. The van der Waals surface area contributed by atoms with Gasteiger partial charge in [0.25, 0.3) is 0 Å². The lowest BCUT2D eigenvalue weighted by molar-refractivity contribution is 0.499. The monoisotopic (exact) mass is 301 g/mol. The quantitative estimate of drug-likeness (QED) is 0.480. The van der Waals surface area contributed by atoms with E-state index in [1.165, 1.54) is 62.7 Å². The van der Waals surface area contributed by atoms with Gasteiger partial charge in [0.15, 0.2) is 0 Å². The molecule has 110 valence electrons. The molecular formula is C16H28ClNS. The maximum atomic E-state index is 6.19. The first-order valence-electron chi connectivity index (χ1n) is 7.69. The summed E-state index contributed by atoms with van der Waals surface area (Å²) in [5.74, 6) is 0. The molecule has 0 aliphatic rings. The summed E-state index contributed by atoms with van der Waals surface area (Å²) in [5.41, 5.74) is 0. The Kier molecular flexibility index (Phi) is 9.58. The first kappa shape index (κ1) is 17.0. The Balaban J connectivity index is 2.09. The normalized spacial score (nSPS) is 12.8. The van der Waals surface area contributed by atoms with Gasteiger partial charge < -0.3 is 5.32 Å². The molecule has 0 saturated carbocycles. The molecule has 0 radical (unpaired) electrons. The molecule has 0 saturated heterocycles. The standard InChI is InChI=1S/C16H28ClNS/c1-3-4-5-6-7-8-9-10-11-15(18-2)16-14(17)12-13-19-16/h12-13,15,18H,3-11H2,1-2H3. The highest BCUT2D eigenvalue weighted by Gasteiger charge is 2.13. The lowest BCUT2D eigenvalue weighted by atomic mass is 10.0. The number of hydrogen-bond donors (Lipinski definition) is 1. The van der Waals surface area contributed by atoms with Crippen molar-refractivity contribution < 1.29 is 0 Å². The maximum absolute atomic E-state index is 6.19. The molecule has 1 unspecified atom stereocenters. The number of rotatable bonds is 11. The molecule has 3 heteroatoms. The first-order valence-corrected chi connectivity index (χ1v) is 8.95. The lowest BCUT2D eigenvalue weighted by Crippen LogP contribution is -2.15. The molecule has 1 aromatic heterocycles. The summed E-state index contributed by atoms with van der Waals surface area (Å²) >= 11 is 7.96. The van der Waals surface area contributed by atoms with E-state index >= 15 is 0 Å². The van der Waals surface area contributed by atoms with Crippen molar-refractivity contribution in [3.8, 4) is 0 Å². The predicted molar refractivity (Wildman–Crippen MR) is 88.4 cm³/mol. The van der Waals surface area contributed by atoms with Crippen molar-refractivity contribution in [1.29, 1.82) is 0 Å². The molecule has 1 aromatic rings. The average Bonchev–Trinajstić information content (AvgIpc) is 2.83. The van der Waals surface area contributed by atoms with Crippen LogP contribution in [0.2, 0.25) is 5.02 Å². The summed E-state index contributed by atoms with van der Waals surface area (Å²) in [6, 6.07) is 2.44. The van der Waals surface area contributed by atoms with Gasteiger partial charge in [-0.2, -0.15) is 0 Å². The Bertz CT molecular complexity index is 324. The van der Waals surface area contributed by atoms with Gasteiger partial charge in [-0.1, -0.05) is 69.9 Å². The number of thiophene rings is 1. The van der Waals surface area contributed by atoms with Gasteiger partial charge in [-0.25, -0.2) is 0 Å². The summed E-state index contributed by atoms with van der Waals surface area (Å²) in [6.07, 6.45) is 12.2. The third-order valence-electron chi connectivity index (χ3n) is 3.66. The fourth-order valence-electron chi connectivity index (χ4n) is 2.44. The minimum atomic E-state index is 0.438. The van der Waals surface area contributed by atoms with Crippen molar-refractivity contribution in [1.82, 2.24) is 5.32 Å². The Morgan fingerprint density at radius 2 is 1.74 bits per heavy atom. The molecule has 1 nitrogen and oxygen atoms in total. The molecule has 1 N–H and O–H groups in total. The van der Waals surface area contributed by atoms with E-state index < -0.39 is 0 Å². The Hall–Kier alpha value is -0.0500. The van der Waals surface area contributed by atoms with Crippen LogP contribution in [0.1, 0.15) is 75.6 Å². The van der Waals surface area contributed by atoms with Crippen LogP contribution in [0.5, 0.6) is 0 Å². The maximum Gasteiger partial charge on any atom is 0.0561 e. The van der Waals surface area contributed by atoms with E-state index in [0.717, 1.165) is 5.02 Å². The molecule has 0 fully saturated rings. The zero-order chi connectivity index (χ0) is 13.9. The zero-order valence-corrected chi connectivity index (χ0v) is 14.0. The molecule has 0 aliphatic heterocycles. The SMILES string of the molecule is CCCCCCCCCCC(NC)c1sccc1Cl. The highest BCUT2D eigenvalue weighted by atomic mass is 35.5. The van der Waals surface area contributed by atoms with Gasteiger partial charge in [-0.05, 0) is 24.9 Å². The summed E-state index contributed by atoms with van der Waals surface area (Å²) < 4.78 is 0. The van der Waals surface area contributed by atoms with Crippen molar-refractivity contribution in [2.45, 2.75) is 70.8 Å². The molecule has 1 heterocycles. The van der Waals surface area contributed by atoms with E-state index in [0.29, 0.717) is 6.04 Å². The first-order chi connectivity index (χ1) is 9.29. The van der Waals surface area contributed by atoms with E-state index in [2.05, 4.69) is 17.6 Å². The van der Waals surface area contributed by atoms with Crippen molar-refractivity contribution in [2.75, 3.05) is 7.05 Å². The molecule has 0 amide bonds. The van der Waals surface area contributed by atoms with Gasteiger partial charge >= 0.3 is 0 Å². The second-order valence-corrected chi connectivity index (χ2v) is 6.59. The van der Waals surface area contributed by atoms with Gasteiger partial charge in [-0.3, -0.25) is 0 Å². The second-order valence-electron chi connectivity index (χ2n) is 5.24. The van der Waals surface area contributed by atoms with E-state index in [-0.39, 0.29) is 0 Å². The summed E-state index contributed by atoms with van der Waals surface area (Å²) in [5, 5.41) is 6.39. The molecule has 19 heavy (non-hydrogen) atoms. The van der Waals surface area contributed by atoms with Crippen LogP contribution in [0.3, 0.4) is 0 Å². The molecule has 1 rings (SSSR count). The molecule has 0 bridgehead atoms. The second kappa shape index (κ2) is 10.7. The van der Waals surface area contributed by atoms with Crippen LogP contribution in [0.15, 0.2) is 11.4 Å². The molecule has 0 spiro atoms. The smallest absolute Gasteiger partial charge is 0.0561 e. The summed E-state index contributed by atoms with van der Waals surface area (Å²) in [7, 11) is 2.03. The molecule has 1 atom stereocenters. The predicted octanol–water partition coefficient (Wildman–Crippen LogP) is 6.19. The van der Waals surface area contributed by atoms with Crippen LogP contribution >= 0.6 is 22.9 Å². The van der Waals surface area contributed by atoms with E-state index in [1.54, 1.807) is 11.3 Å². The van der Waals surface area contributed by atoms with Crippen LogP contribution in [-0.2, 0) is 0 Å². The number of nitrogens with one attached hydrogen (secondary N) is 1. The minimum absolute atomic E-state index is 0.438. The van der Waals surface area contributed by atoms with Crippen LogP contribution in [0.4, 0.5) is 0 Å².